The molecule has 25 heavy (non-hydrogen) atoms. The van der Waals surface area contributed by atoms with Gasteiger partial charge in [0.1, 0.15) is 11.1 Å². The highest BCUT2D eigenvalue weighted by atomic mass is 16.6. The third-order valence-electron chi connectivity index (χ3n) is 3.29. The number of hydrogen-bond donors (Lipinski definition) is 1. The predicted molar refractivity (Wildman–Crippen MR) is 94.3 cm³/mol. The second-order valence-electron chi connectivity index (χ2n) is 7.50. The molecule has 2 heterocycles. The summed E-state index contributed by atoms with van der Waals surface area (Å²) in [6, 6.07) is 1.90. The molecule has 1 amide bonds. The highest BCUT2D eigenvalue weighted by Gasteiger charge is 2.31. The first-order valence-electron chi connectivity index (χ1n) is 7.96. The average Bonchev–Trinajstić information content (AvgIpc) is 2.95. The maximum Gasteiger partial charge on any atom is 0.408 e. The number of nitrogens with one attached hydrogen (secondary N) is 1. The van der Waals surface area contributed by atoms with E-state index in [-0.39, 0.29) is 0 Å². The SMILES string of the molecule is CN(C)c1cncc(-c2nc(C(C)(C)NC(=O)OC(C)(C)C)no2)c1. The van der Waals surface area contributed by atoms with E-state index < -0.39 is 17.2 Å². The Labute approximate surface area is 147 Å². The zero-order valence-corrected chi connectivity index (χ0v) is 15.7. The van der Waals surface area contributed by atoms with Crippen molar-refractivity contribution in [2.75, 3.05) is 19.0 Å². The van der Waals surface area contributed by atoms with Gasteiger partial charge in [-0.2, -0.15) is 4.98 Å². The summed E-state index contributed by atoms with van der Waals surface area (Å²) in [5, 5.41) is 6.74. The minimum absolute atomic E-state index is 0.338. The van der Waals surface area contributed by atoms with Gasteiger partial charge in [-0.3, -0.25) is 4.98 Å². The zero-order chi connectivity index (χ0) is 18.8. The van der Waals surface area contributed by atoms with E-state index in [9.17, 15) is 4.79 Å². The molecule has 0 aliphatic rings. The molecular formula is C17H25N5O3. The van der Waals surface area contributed by atoms with Gasteiger partial charge < -0.3 is 19.5 Å². The third kappa shape index (κ3) is 4.91. The van der Waals surface area contributed by atoms with Crippen LogP contribution in [0.2, 0.25) is 0 Å². The van der Waals surface area contributed by atoms with Crippen molar-refractivity contribution >= 4 is 11.8 Å². The largest absolute Gasteiger partial charge is 0.444 e. The Bertz CT molecular complexity index is 747. The number of alkyl carbamates (subject to hydrolysis) is 1. The van der Waals surface area contributed by atoms with Crippen LogP contribution >= 0.6 is 0 Å². The molecule has 0 saturated heterocycles. The summed E-state index contributed by atoms with van der Waals surface area (Å²) in [6.07, 6.45) is 2.85. The number of carbonyl (C=O) groups is 1. The summed E-state index contributed by atoms with van der Waals surface area (Å²) in [4.78, 5) is 22.5. The van der Waals surface area contributed by atoms with Crippen LogP contribution in [0.1, 0.15) is 40.4 Å². The molecule has 8 nitrogen and oxygen atoms in total. The van der Waals surface area contributed by atoms with Gasteiger partial charge in [-0.25, -0.2) is 4.79 Å². The number of nitrogens with zero attached hydrogens (tertiary/aromatic N) is 4. The Morgan fingerprint density at radius 3 is 2.48 bits per heavy atom. The van der Waals surface area contributed by atoms with Crippen molar-refractivity contribution in [2.45, 2.75) is 45.8 Å². The number of ether oxygens (including phenoxy) is 1. The molecule has 0 aromatic carbocycles. The van der Waals surface area contributed by atoms with E-state index in [0.29, 0.717) is 17.3 Å². The molecule has 0 unspecified atom stereocenters. The average molecular weight is 347 g/mol. The molecule has 0 atom stereocenters. The van der Waals surface area contributed by atoms with Gasteiger partial charge in [0.25, 0.3) is 5.89 Å². The molecule has 0 aliphatic heterocycles. The fraction of sp³-hybridized carbons (Fsp3) is 0.529. The van der Waals surface area contributed by atoms with E-state index in [1.54, 1.807) is 47.0 Å². The minimum atomic E-state index is -0.851. The van der Waals surface area contributed by atoms with Crippen molar-refractivity contribution in [3.8, 4) is 11.5 Å². The molecule has 1 N–H and O–H groups in total. The maximum atomic E-state index is 12.0. The molecule has 0 radical (unpaired) electrons. The van der Waals surface area contributed by atoms with Gasteiger partial charge in [0.15, 0.2) is 5.82 Å². The highest BCUT2D eigenvalue weighted by molar-refractivity contribution is 5.69. The topological polar surface area (TPSA) is 93.4 Å². The molecule has 0 fully saturated rings. The molecule has 2 aromatic rings. The highest BCUT2D eigenvalue weighted by Crippen LogP contribution is 2.24. The van der Waals surface area contributed by atoms with E-state index >= 15 is 0 Å². The molecule has 0 spiro atoms. The lowest BCUT2D eigenvalue weighted by molar-refractivity contribution is 0.0465. The van der Waals surface area contributed by atoms with Crippen LogP contribution in [-0.2, 0) is 10.3 Å². The normalized spacial score (nSPS) is 12.0. The number of hydrogen-bond acceptors (Lipinski definition) is 7. The summed E-state index contributed by atoms with van der Waals surface area (Å²) in [5.74, 6) is 0.689. The van der Waals surface area contributed by atoms with Crippen LogP contribution in [0, 0.1) is 0 Å². The van der Waals surface area contributed by atoms with Crippen molar-refractivity contribution < 1.29 is 14.1 Å². The van der Waals surface area contributed by atoms with Crippen molar-refractivity contribution in [1.29, 1.82) is 0 Å². The second-order valence-corrected chi connectivity index (χ2v) is 7.50. The van der Waals surface area contributed by atoms with Crippen LogP contribution in [0.15, 0.2) is 23.0 Å². The standard InChI is InChI=1S/C17H25N5O3/c1-16(2,3)24-15(23)20-17(4,5)14-19-13(25-21-14)11-8-12(22(6)7)10-18-9-11/h8-10H,1-7H3,(H,20,23). The first kappa shape index (κ1) is 18.7. The van der Waals surface area contributed by atoms with Crippen LogP contribution in [0.5, 0.6) is 0 Å². The number of aromatic nitrogens is 3. The summed E-state index contributed by atoms with van der Waals surface area (Å²) in [7, 11) is 3.85. The monoisotopic (exact) mass is 347 g/mol. The molecule has 2 aromatic heterocycles. The Morgan fingerprint density at radius 1 is 1.20 bits per heavy atom. The third-order valence-corrected chi connectivity index (χ3v) is 3.29. The number of pyridine rings is 1. The molecule has 8 heteroatoms. The van der Waals surface area contributed by atoms with Gasteiger partial charge in [-0.15, -0.1) is 0 Å². The Morgan fingerprint density at radius 2 is 1.88 bits per heavy atom. The van der Waals surface area contributed by atoms with E-state index in [4.69, 9.17) is 9.26 Å². The molecule has 2 rings (SSSR count). The summed E-state index contributed by atoms with van der Waals surface area (Å²) >= 11 is 0. The molecule has 136 valence electrons. The lowest BCUT2D eigenvalue weighted by Gasteiger charge is -2.26. The van der Waals surface area contributed by atoms with Crippen LogP contribution < -0.4 is 10.2 Å². The van der Waals surface area contributed by atoms with E-state index in [1.165, 1.54) is 0 Å². The molecule has 0 aliphatic carbocycles. The fourth-order valence-electron chi connectivity index (χ4n) is 2.00. The smallest absolute Gasteiger partial charge is 0.408 e. The molecular weight excluding hydrogens is 322 g/mol. The molecule has 0 saturated carbocycles. The lowest BCUT2D eigenvalue weighted by atomic mass is 10.1. The first-order valence-corrected chi connectivity index (χ1v) is 7.96. The summed E-state index contributed by atoms with van der Waals surface area (Å²) < 4.78 is 10.6. The number of rotatable bonds is 4. The van der Waals surface area contributed by atoms with E-state index in [1.807, 2.05) is 25.1 Å². The van der Waals surface area contributed by atoms with Crippen LogP contribution in [-0.4, -0.2) is 40.9 Å². The Hall–Kier alpha value is -2.64. The van der Waals surface area contributed by atoms with Gasteiger partial charge in [0.05, 0.1) is 17.4 Å². The number of amides is 1. The predicted octanol–water partition coefficient (Wildman–Crippen LogP) is 2.96. The van der Waals surface area contributed by atoms with E-state index in [0.717, 1.165) is 5.69 Å². The first-order chi connectivity index (χ1) is 11.5. The Kier molecular flexibility index (Phi) is 5.01. The maximum absolute atomic E-state index is 12.0. The summed E-state index contributed by atoms with van der Waals surface area (Å²) in [5.41, 5.74) is 0.193. The molecule has 0 bridgehead atoms. The van der Waals surface area contributed by atoms with Crippen LogP contribution in [0.25, 0.3) is 11.5 Å². The van der Waals surface area contributed by atoms with Crippen molar-refractivity contribution in [3.05, 3.63) is 24.3 Å². The van der Waals surface area contributed by atoms with Crippen molar-refractivity contribution in [1.82, 2.24) is 20.4 Å². The zero-order valence-electron chi connectivity index (χ0n) is 15.7. The quantitative estimate of drug-likeness (QED) is 0.908. The van der Waals surface area contributed by atoms with Crippen LogP contribution in [0.4, 0.5) is 10.5 Å². The van der Waals surface area contributed by atoms with Crippen molar-refractivity contribution in [2.24, 2.45) is 0 Å². The number of carbonyl (C=O) groups excluding carboxylic acids is 1. The van der Waals surface area contributed by atoms with Gasteiger partial charge >= 0.3 is 6.09 Å². The fourth-order valence-corrected chi connectivity index (χ4v) is 2.00. The second kappa shape index (κ2) is 6.70. The van der Waals surface area contributed by atoms with Gasteiger partial charge in [0.2, 0.25) is 0 Å². The van der Waals surface area contributed by atoms with Crippen LogP contribution in [0.3, 0.4) is 0 Å². The van der Waals surface area contributed by atoms with Gasteiger partial charge in [0, 0.05) is 20.3 Å². The lowest BCUT2D eigenvalue weighted by Crippen LogP contribution is -2.44. The van der Waals surface area contributed by atoms with Gasteiger partial charge in [-0.05, 0) is 40.7 Å². The summed E-state index contributed by atoms with van der Waals surface area (Å²) in [6.45, 7) is 8.96. The minimum Gasteiger partial charge on any atom is -0.444 e. The van der Waals surface area contributed by atoms with E-state index in [2.05, 4.69) is 20.4 Å². The van der Waals surface area contributed by atoms with Crippen molar-refractivity contribution in [3.63, 3.8) is 0 Å². The number of anilines is 1. The van der Waals surface area contributed by atoms with Gasteiger partial charge in [-0.1, -0.05) is 5.16 Å². The Balaban J connectivity index is 2.19.